The van der Waals surface area contributed by atoms with Crippen LogP contribution >= 0.6 is 0 Å². The number of benzene rings is 1. The largest absolute Gasteiger partial charge is 0.508 e. The van der Waals surface area contributed by atoms with Gasteiger partial charge in [-0.05, 0) is 20.8 Å². The van der Waals surface area contributed by atoms with Gasteiger partial charge >= 0.3 is 0 Å². The molecule has 0 unspecified atom stereocenters. The quantitative estimate of drug-likeness (QED) is 0.790. The van der Waals surface area contributed by atoms with Gasteiger partial charge in [0.2, 0.25) is 0 Å². The number of rotatable bonds is 2. The van der Waals surface area contributed by atoms with Crippen molar-refractivity contribution in [2.75, 3.05) is 7.11 Å². The molecule has 0 bridgehead atoms. The summed E-state index contributed by atoms with van der Waals surface area (Å²) in [5.74, 6) is 1.34. The molecule has 0 aliphatic carbocycles. The van der Waals surface area contributed by atoms with Crippen molar-refractivity contribution in [2.45, 2.75) is 26.4 Å². The number of hydrogen-bond acceptors (Lipinski definition) is 3. The van der Waals surface area contributed by atoms with Crippen LogP contribution in [-0.4, -0.2) is 17.8 Å². The molecule has 14 heavy (non-hydrogen) atoms. The molecule has 1 aromatic carbocycles. The molecule has 0 radical (unpaired) electrons. The van der Waals surface area contributed by atoms with Crippen LogP contribution < -0.4 is 9.47 Å². The molecule has 1 aromatic rings. The van der Waals surface area contributed by atoms with Gasteiger partial charge in [0.15, 0.2) is 0 Å². The average Bonchev–Trinajstić information content (AvgIpc) is 1.99. The second kappa shape index (κ2) is 3.78. The van der Waals surface area contributed by atoms with Crippen LogP contribution in [0.4, 0.5) is 0 Å². The van der Waals surface area contributed by atoms with Crippen molar-refractivity contribution < 1.29 is 14.6 Å². The number of ether oxygens (including phenoxy) is 2. The summed E-state index contributed by atoms with van der Waals surface area (Å²) < 4.78 is 10.6. The first-order chi connectivity index (χ1) is 6.40. The summed E-state index contributed by atoms with van der Waals surface area (Å²) in [6.45, 7) is 5.84. The Morgan fingerprint density at radius 2 is 1.64 bits per heavy atom. The maximum Gasteiger partial charge on any atom is 0.127 e. The highest BCUT2D eigenvalue weighted by Crippen LogP contribution is 2.28. The number of hydrogen-bond donors (Lipinski definition) is 1. The van der Waals surface area contributed by atoms with E-state index in [1.807, 2.05) is 20.8 Å². The highest BCUT2D eigenvalue weighted by atomic mass is 16.5. The Hall–Kier alpha value is -1.38. The molecular weight excluding hydrogens is 180 g/mol. The molecule has 1 N–H and O–H groups in total. The number of methoxy groups -OCH3 is 1. The van der Waals surface area contributed by atoms with E-state index in [2.05, 4.69) is 0 Å². The molecule has 0 fully saturated rings. The molecule has 0 heterocycles. The van der Waals surface area contributed by atoms with Crippen molar-refractivity contribution in [3.8, 4) is 17.2 Å². The van der Waals surface area contributed by atoms with Crippen LogP contribution in [0.5, 0.6) is 17.2 Å². The van der Waals surface area contributed by atoms with E-state index < -0.39 is 0 Å². The molecule has 3 nitrogen and oxygen atoms in total. The van der Waals surface area contributed by atoms with Crippen molar-refractivity contribution in [1.29, 1.82) is 0 Å². The van der Waals surface area contributed by atoms with Crippen molar-refractivity contribution in [2.24, 2.45) is 0 Å². The topological polar surface area (TPSA) is 38.7 Å². The summed E-state index contributed by atoms with van der Waals surface area (Å²) in [4.78, 5) is 0. The lowest BCUT2D eigenvalue weighted by atomic mass is 10.2. The van der Waals surface area contributed by atoms with E-state index in [1.165, 1.54) is 6.07 Å². The maximum absolute atomic E-state index is 9.36. The predicted octanol–water partition coefficient (Wildman–Crippen LogP) is 2.58. The Morgan fingerprint density at radius 3 is 2.14 bits per heavy atom. The zero-order chi connectivity index (χ0) is 10.8. The lowest BCUT2D eigenvalue weighted by Crippen LogP contribution is -2.22. The molecule has 0 aliphatic heterocycles. The Labute approximate surface area is 84.3 Å². The number of phenols is 1. The van der Waals surface area contributed by atoms with Gasteiger partial charge in [-0.15, -0.1) is 0 Å². The van der Waals surface area contributed by atoms with Crippen LogP contribution in [0.3, 0.4) is 0 Å². The molecule has 3 heteroatoms. The second-order valence-corrected chi connectivity index (χ2v) is 4.08. The van der Waals surface area contributed by atoms with Gasteiger partial charge < -0.3 is 14.6 Å². The normalized spacial score (nSPS) is 11.1. The lowest BCUT2D eigenvalue weighted by molar-refractivity contribution is 0.130. The minimum absolute atomic E-state index is 0.142. The molecule has 0 aliphatic rings. The van der Waals surface area contributed by atoms with Crippen LogP contribution in [0.25, 0.3) is 0 Å². The zero-order valence-electron chi connectivity index (χ0n) is 9.00. The molecule has 0 amide bonds. The lowest BCUT2D eigenvalue weighted by Gasteiger charge is -2.21. The van der Waals surface area contributed by atoms with Crippen molar-refractivity contribution >= 4 is 0 Å². The predicted molar refractivity (Wildman–Crippen MR) is 55.0 cm³/mol. The maximum atomic E-state index is 9.36. The van der Waals surface area contributed by atoms with Gasteiger partial charge in [0, 0.05) is 18.2 Å². The molecule has 0 atom stereocenters. The summed E-state index contributed by atoms with van der Waals surface area (Å²) in [6.07, 6.45) is 0. The van der Waals surface area contributed by atoms with Crippen molar-refractivity contribution in [3.05, 3.63) is 18.2 Å². The minimum Gasteiger partial charge on any atom is -0.508 e. The third kappa shape index (κ3) is 3.17. The van der Waals surface area contributed by atoms with Gasteiger partial charge in [-0.25, -0.2) is 0 Å². The van der Waals surface area contributed by atoms with E-state index in [0.717, 1.165) is 0 Å². The van der Waals surface area contributed by atoms with Gasteiger partial charge in [-0.2, -0.15) is 0 Å². The Kier molecular flexibility index (Phi) is 2.89. The Bertz CT molecular complexity index is 313. The summed E-state index contributed by atoms with van der Waals surface area (Å²) >= 11 is 0. The van der Waals surface area contributed by atoms with Gasteiger partial charge in [-0.3, -0.25) is 0 Å². The number of aromatic hydroxyl groups is 1. The van der Waals surface area contributed by atoms with Gasteiger partial charge in [0.05, 0.1) is 7.11 Å². The molecule has 0 saturated carbocycles. The molecule has 78 valence electrons. The molecule has 0 aromatic heterocycles. The fourth-order valence-electron chi connectivity index (χ4n) is 1.09. The third-order valence-corrected chi connectivity index (χ3v) is 1.52. The first kappa shape index (κ1) is 10.7. The fraction of sp³-hybridized carbons (Fsp3) is 0.455. The highest BCUT2D eigenvalue weighted by molar-refractivity contribution is 5.41. The van der Waals surface area contributed by atoms with Crippen LogP contribution in [-0.2, 0) is 0 Å². The zero-order valence-corrected chi connectivity index (χ0v) is 9.00. The fourth-order valence-corrected chi connectivity index (χ4v) is 1.09. The van der Waals surface area contributed by atoms with Crippen molar-refractivity contribution in [1.82, 2.24) is 0 Å². The third-order valence-electron chi connectivity index (χ3n) is 1.52. The molecule has 0 spiro atoms. The van der Waals surface area contributed by atoms with Gasteiger partial charge in [0.1, 0.15) is 22.8 Å². The number of phenolic OH excluding ortho intramolecular Hbond substituents is 1. The van der Waals surface area contributed by atoms with Crippen LogP contribution in [0.2, 0.25) is 0 Å². The average molecular weight is 196 g/mol. The summed E-state index contributed by atoms with van der Waals surface area (Å²) in [7, 11) is 1.55. The van der Waals surface area contributed by atoms with E-state index in [1.54, 1.807) is 19.2 Å². The van der Waals surface area contributed by atoms with E-state index in [0.29, 0.717) is 11.5 Å². The minimum atomic E-state index is -0.279. The summed E-state index contributed by atoms with van der Waals surface area (Å²) in [5, 5.41) is 9.36. The van der Waals surface area contributed by atoms with Crippen molar-refractivity contribution in [3.63, 3.8) is 0 Å². The van der Waals surface area contributed by atoms with Crippen LogP contribution in [0.1, 0.15) is 20.8 Å². The van der Waals surface area contributed by atoms with Crippen LogP contribution in [0.15, 0.2) is 18.2 Å². The van der Waals surface area contributed by atoms with E-state index >= 15 is 0 Å². The van der Waals surface area contributed by atoms with E-state index in [4.69, 9.17) is 9.47 Å². The summed E-state index contributed by atoms with van der Waals surface area (Å²) in [5.41, 5.74) is -0.279. The second-order valence-electron chi connectivity index (χ2n) is 4.08. The SMILES string of the molecule is COc1cc(O)cc(OC(C)(C)C)c1. The first-order valence-corrected chi connectivity index (χ1v) is 4.48. The van der Waals surface area contributed by atoms with Crippen LogP contribution in [0, 0.1) is 0 Å². The van der Waals surface area contributed by atoms with E-state index in [-0.39, 0.29) is 11.4 Å². The Morgan fingerprint density at radius 1 is 1.07 bits per heavy atom. The van der Waals surface area contributed by atoms with Gasteiger partial charge in [0.25, 0.3) is 0 Å². The molecular formula is C11H16O3. The van der Waals surface area contributed by atoms with E-state index in [9.17, 15) is 5.11 Å². The monoisotopic (exact) mass is 196 g/mol. The van der Waals surface area contributed by atoms with Gasteiger partial charge in [-0.1, -0.05) is 0 Å². The smallest absolute Gasteiger partial charge is 0.127 e. The molecule has 1 rings (SSSR count). The molecule has 0 saturated heterocycles. The Balaban J connectivity index is 2.92. The highest BCUT2D eigenvalue weighted by Gasteiger charge is 2.12. The summed E-state index contributed by atoms with van der Waals surface area (Å²) in [6, 6.07) is 4.84. The first-order valence-electron chi connectivity index (χ1n) is 4.48. The standard InChI is InChI=1S/C11H16O3/c1-11(2,3)14-10-6-8(12)5-9(7-10)13-4/h5-7,12H,1-4H3.